The zero-order valence-corrected chi connectivity index (χ0v) is 17.7. The van der Waals surface area contributed by atoms with E-state index < -0.39 is 11.7 Å². The van der Waals surface area contributed by atoms with Crippen LogP contribution in [0, 0.1) is 5.41 Å². The maximum Gasteiger partial charge on any atom is 0.417 e. The Balaban J connectivity index is 1.27. The van der Waals surface area contributed by atoms with Crippen molar-refractivity contribution in [2.75, 3.05) is 24.5 Å². The number of hydrogen-bond donors (Lipinski definition) is 1. The molecule has 0 atom stereocenters. The number of aromatic nitrogens is 2. The average Bonchev–Trinajstić information content (AvgIpc) is 3.20. The van der Waals surface area contributed by atoms with Crippen molar-refractivity contribution in [2.24, 2.45) is 5.41 Å². The highest BCUT2D eigenvalue weighted by molar-refractivity contribution is 5.86. The van der Waals surface area contributed by atoms with Crippen molar-refractivity contribution in [3.8, 4) is 0 Å². The van der Waals surface area contributed by atoms with Gasteiger partial charge in [-0.1, -0.05) is 18.2 Å². The first-order valence-corrected chi connectivity index (χ1v) is 11.0. The number of halogens is 3. The minimum Gasteiger partial charge on any atom is -0.361 e. The minimum atomic E-state index is -4.39. The fraction of sp³-hybridized carbons (Fsp3) is 0.417. The Hall–Kier alpha value is -3.03. The van der Waals surface area contributed by atoms with Crippen LogP contribution >= 0.6 is 0 Å². The molecule has 0 bridgehead atoms. The number of H-pyrrole nitrogens is 1. The Morgan fingerprint density at radius 3 is 2.53 bits per heavy atom. The standard InChI is InChI=1S/C24H25F3N4O/c25-24(26,27)18-6-7-21(29-15-18)30-12-9-23(10-13-30)8-3-11-31(22(23)32)16-17-14-28-20-5-2-1-4-19(17)20/h1-2,4-7,14-15,28H,3,8-13,16H2. The van der Waals surface area contributed by atoms with Gasteiger partial charge in [-0.2, -0.15) is 13.2 Å². The number of hydrogen-bond acceptors (Lipinski definition) is 3. The number of carbonyl (C=O) groups is 1. The maximum absolute atomic E-state index is 13.5. The first-order chi connectivity index (χ1) is 15.4. The summed E-state index contributed by atoms with van der Waals surface area (Å²) in [5.41, 5.74) is 1.06. The van der Waals surface area contributed by atoms with Crippen LogP contribution in [0.4, 0.5) is 19.0 Å². The summed E-state index contributed by atoms with van der Waals surface area (Å²) >= 11 is 0. The van der Waals surface area contributed by atoms with Crippen molar-refractivity contribution in [1.82, 2.24) is 14.9 Å². The molecule has 2 aromatic heterocycles. The van der Waals surface area contributed by atoms with E-state index in [1.165, 1.54) is 6.07 Å². The van der Waals surface area contributed by atoms with Gasteiger partial charge in [0, 0.05) is 49.5 Å². The highest BCUT2D eigenvalue weighted by Crippen LogP contribution is 2.42. The largest absolute Gasteiger partial charge is 0.417 e. The fourth-order valence-electron chi connectivity index (χ4n) is 5.14. The first-order valence-electron chi connectivity index (χ1n) is 11.0. The van der Waals surface area contributed by atoms with E-state index in [1.54, 1.807) is 0 Å². The Kier molecular flexibility index (Phi) is 5.10. The van der Waals surface area contributed by atoms with Gasteiger partial charge in [-0.15, -0.1) is 0 Å². The summed E-state index contributed by atoms with van der Waals surface area (Å²) in [6.07, 6.45) is 1.70. The number of pyridine rings is 1. The Morgan fingerprint density at radius 2 is 1.81 bits per heavy atom. The SMILES string of the molecule is O=C1N(Cc2c[nH]c3ccccc23)CCCC12CCN(c1ccc(C(F)(F)F)cn1)CC2. The number of anilines is 1. The molecule has 0 radical (unpaired) electrons. The quantitative estimate of drug-likeness (QED) is 0.622. The third-order valence-electron chi connectivity index (χ3n) is 6.98. The van der Waals surface area contributed by atoms with Crippen LogP contribution in [0.3, 0.4) is 0 Å². The highest BCUT2D eigenvalue weighted by atomic mass is 19.4. The third kappa shape index (κ3) is 3.72. The van der Waals surface area contributed by atoms with Gasteiger partial charge >= 0.3 is 6.18 Å². The Labute approximate surface area is 184 Å². The van der Waals surface area contributed by atoms with Gasteiger partial charge in [0.2, 0.25) is 5.91 Å². The molecule has 5 nitrogen and oxygen atoms in total. The van der Waals surface area contributed by atoms with Crippen molar-refractivity contribution >= 4 is 22.6 Å². The lowest BCUT2D eigenvalue weighted by Gasteiger charge is -2.46. The number of alkyl halides is 3. The normalized spacial score (nSPS) is 19.2. The second-order valence-corrected chi connectivity index (χ2v) is 8.86. The van der Waals surface area contributed by atoms with Crippen molar-refractivity contribution in [2.45, 2.75) is 38.4 Å². The van der Waals surface area contributed by atoms with Crippen LogP contribution in [0.5, 0.6) is 0 Å². The number of piperidine rings is 2. The lowest BCUT2D eigenvalue weighted by atomic mass is 9.71. The molecule has 2 aliphatic heterocycles. The molecular weight excluding hydrogens is 417 g/mol. The molecule has 0 unspecified atom stereocenters. The summed E-state index contributed by atoms with van der Waals surface area (Å²) in [7, 11) is 0. The second kappa shape index (κ2) is 7.83. The van der Waals surface area contributed by atoms with Gasteiger partial charge in [-0.05, 0) is 49.4 Å². The number of likely N-dealkylation sites (tertiary alicyclic amines) is 1. The molecule has 5 rings (SSSR count). The summed E-state index contributed by atoms with van der Waals surface area (Å²) in [5.74, 6) is 0.737. The number of nitrogens with one attached hydrogen (secondary N) is 1. The molecule has 0 saturated carbocycles. The molecular formula is C24H25F3N4O. The van der Waals surface area contributed by atoms with Crippen LogP contribution in [-0.2, 0) is 17.5 Å². The minimum absolute atomic E-state index is 0.203. The maximum atomic E-state index is 13.5. The average molecular weight is 442 g/mol. The van der Waals surface area contributed by atoms with Crippen LogP contribution in [0.1, 0.15) is 36.8 Å². The fourth-order valence-corrected chi connectivity index (χ4v) is 5.14. The predicted octanol–water partition coefficient (Wildman–Crippen LogP) is 4.99. The lowest BCUT2D eigenvalue weighted by molar-refractivity contribution is -0.148. The van der Waals surface area contributed by atoms with Gasteiger partial charge in [0.25, 0.3) is 0 Å². The highest BCUT2D eigenvalue weighted by Gasteiger charge is 2.46. The number of amides is 1. The molecule has 1 aromatic carbocycles. The molecule has 8 heteroatoms. The van der Waals surface area contributed by atoms with E-state index in [0.29, 0.717) is 38.3 Å². The Morgan fingerprint density at radius 1 is 1.03 bits per heavy atom. The zero-order chi connectivity index (χ0) is 22.3. The van der Waals surface area contributed by atoms with E-state index in [9.17, 15) is 18.0 Å². The van der Waals surface area contributed by atoms with Gasteiger partial charge in [-0.25, -0.2) is 4.98 Å². The molecule has 2 aliphatic rings. The van der Waals surface area contributed by atoms with Crippen LogP contribution in [0.15, 0.2) is 48.8 Å². The molecule has 1 spiro atoms. The van der Waals surface area contributed by atoms with Crippen LogP contribution in [-0.4, -0.2) is 40.4 Å². The topological polar surface area (TPSA) is 52.2 Å². The van der Waals surface area contributed by atoms with E-state index >= 15 is 0 Å². The van der Waals surface area contributed by atoms with Crippen LogP contribution in [0.2, 0.25) is 0 Å². The van der Waals surface area contributed by atoms with Gasteiger partial charge < -0.3 is 14.8 Å². The van der Waals surface area contributed by atoms with E-state index in [2.05, 4.69) is 16.0 Å². The number of rotatable bonds is 3. The van der Waals surface area contributed by atoms with E-state index in [-0.39, 0.29) is 11.3 Å². The third-order valence-corrected chi connectivity index (χ3v) is 6.98. The molecule has 2 fully saturated rings. The van der Waals surface area contributed by atoms with Gasteiger partial charge in [-0.3, -0.25) is 4.79 Å². The van der Waals surface area contributed by atoms with Crippen molar-refractivity contribution < 1.29 is 18.0 Å². The number of benzene rings is 1. The van der Waals surface area contributed by atoms with Gasteiger partial charge in [0.15, 0.2) is 0 Å². The number of aromatic amines is 1. The van der Waals surface area contributed by atoms with E-state index in [0.717, 1.165) is 48.1 Å². The molecule has 2 saturated heterocycles. The summed E-state index contributed by atoms with van der Waals surface area (Å²) in [6, 6.07) is 10.6. The van der Waals surface area contributed by atoms with Crippen molar-refractivity contribution in [1.29, 1.82) is 0 Å². The van der Waals surface area contributed by atoms with E-state index in [4.69, 9.17) is 0 Å². The molecule has 1 amide bonds. The molecule has 1 N–H and O–H groups in total. The van der Waals surface area contributed by atoms with Crippen molar-refractivity contribution in [3.63, 3.8) is 0 Å². The molecule has 3 aromatic rings. The van der Waals surface area contributed by atoms with Crippen molar-refractivity contribution in [3.05, 3.63) is 59.9 Å². The van der Waals surface area contributed by atoms with Gasteiger partial charge in [0.1, 0.15) is 5.82 Å². The lowest BCUT2D eigenvalue weighted by Crippen LogP contribution is -2.53. The molecule has 4 heterocycles. The summed E-state index contributed by atoms with van der Waals surface area (Å²) < 4.78 is 38.4. The molecule has 0 aliphatic carbocycles. The number of nitrogens with zero attached hydrogens (tertiary/aromatic N) is 3. The van der Waals surface area contributed by atoms with Crippen LogP contribution < -0.4 is 4.90 Å². The molecule has 32 heavy (non-hydrogen) atoms. The summed E-state index contributed by atoms with van der Waals surface area (Å²) in [5, 5.41) is 1.14. The Bertz CT molecular complexity index is 1110. The number of fused-ring (bicyclic) bond motifs is 1. The monoisotopic (exact) mass is 442 g/mol. The first kappa shape index (κ1) is 20.8. The van der Waals surface area contributed by atoms with Gasteiger partial charge in [0.05, 0.1) is 11.0 Å². The summed E-state index contributed by atoms with van der Waals surface area (Å²) in [4.78, 5) is 24.8. The second-order valence-electron chi connectivity index (χ2n) is 8.86. The van der Waals surface area contributed by atoms with Crippen LogP contribution in [0.25, 0.3) is 10.9 Å². The predicted molar refractivity (Wildman–Crippen MR) is 116 cm³/mol. The number of para-hydroxylation sites is 1. The number of carbonyl (C=O) groups excluding carboxylic acids is 1. The smallest absolute Gasteiger partial charge is 0.361 e. The zero-order valence-electron chi connectivity index (χ0n) is 17.7. The molecule has 168 valence electrons. The van der Waals surface area contributed by atoms with E-state index in [1.807, 2.05) is 34.2 Å². The summed E-state index contributed by atoms with van der Waals surface area (Å²) in [6.45, 7) is 2.58.